The van der Waals surface area contributed by atoms with Crippen molar-refractivity contribution in [3.63, 3.8) is 0 Å². The summed E-state index contributed by atoms with van der Waals surface area (Å²) in [5.74, 6) is 3.01. The summed E-state index contributed by atoms with van der Waals surface area (Å²) in [5.41, 5.74) is 5.73. The summed E-state index contributed by atoms with van der Waals surface area (Å²) < 4.78 is 0. The van der Waals surface area contributed by atoms with Crippen molar-refractivity contribution >= 4 is 11.8 Å². The van der Waals surface area contributed by atoms with Crippen molar-refractivity contribution in [1.82, 2.24) is 0 Å². The van der Waals surface area contributed by atoms with Crippen molar-refractivity contribution < 1.29 is 0 Å². The van der Waals surface area contributed by atoms with Crippen LogP contribution in [0.25, 0.3) is 0 Å². The summed E-state index contributed by atoms with van der Waals surface area (Å²) >= 11 is 1.94. The summed E-state index contributed by atoms with van der Waals surface area (Å²) in [6.45, 7) is 0.894. The molecule has 11 heavy (non-hydrogen) atoms. The van der Waals surface area contributed by atoms with Crippen LogP contribution in [0.4, 0.5) is 0 Å². The van der Waals surface area contributed by atoms with Crippen LogP contribution in [0.3, 0.4) is 0 Å². The second kappa shape index (κ2) is 5.04. The monoisotopic (exact) mass is 173 g/mol. The highest BCUT2D eigenvalue weighted by atomic mass is 32.2. The normalized spacial score (nSPS) is 22.4. The highest BCUT2D eigenvalue weighted by Gasteiger charge is 2.22. The molecule has 1 unspecified atom stereocenters. The predicted octanol–water partition coefficient (Wildman–Crippen LogP) is 2.11. The van der Waals surface area contributed by atoms with Crippen LogP contribution in [0.2, 0.25) is 0 Å². The van der Waals surface area contributed by atoms with E-state index < -0.39 is 0 Å². The molecule has 0 aliphatic heterocycles. The molecule has 0 heterocycles. The molecule has 1 atom stereocenters. The number of rotatable bonds is 4. The number of hydrogen-bond donors (Lipinski definition) is 1. The van der Waals surface area contributed by atoms with Gasteiger partial charge < -0.3 is 5.73 Å². The fourth-order valence-electron chi connectivity index (χ4n) is 2.04. The summed E-state index contributed by atoms with van der Waals surface area (Å²) in [4.78, 5) is 0. The molecule has 1 fully saturated rings. The van der Waals surface area contributed by atoms with Crippen molar-refractivity contribution in [2.45, 2.75) is 25.7 Å². The Morgan fingerprint density at radius 2 is 2.09 bits per heavy atom. The summed E-state index contributed by atoms with van der Waals surface area (Å²) in [6, 6.07) is 0. The molecule has 0 amide bonds. The third-order valence-electron chi connectivity index (χ3n) is 2.75. The van der Waals surface area contributed by atoms with Crippen LogP contribution in [-0.4, -0.2) is 18.6 Å². The summed E-state index contributed by atoms with van der Waals surface area (Å²) in [7, 11) is 0. The lowest BCUT2D eigenvalue weighted by Crippen LogP contribution is -2.23. The third kappa shape index (κ3) is 2.68. The first kappa shape index (κ1) is 9.40. The van der Waals surface area contributed by atoms with Gasteiger partial charge in [0.05, 0.1) is 0 Å². The van der Waals surface area contributed by atoms with E-state index in [1.54, 1.807) is 0 Å². The second-order valence-corrected chi connectivity index (χ2v) is 4.41. The lowest BCUT2D eigenvalue weighted by Gasteiger charge is -2.20. The molecule has 0 bridgehead atoms. The average Bonchev–Trinajstić information content (AvgIpc) is 2.52. The highest BCUT2D eigenvalue weighted by molar-refractivity contribution is 7.98. The van der Waals surface area contributed by atoms with Crippen LogP contribution >= 0.6 is 11.8 Å². The molecule has 0 aromatic heterocycles. The topological polar surface area (TPSA) is 26.0 Å². The minimum atomic E-state index is 0.799. The van der Waals surface area contributed by atoms with Gasteiger partial charge in [0.15, 0.2) is 0 Å². The maximum absolute atomic E-state index is 5.73. The SMILES string of the molecule is CSCC(CN)C1CCCC1. The third-order valence-corrected chi connectivity index (χ3v) is 3.51. The van der Waals surface area contributed by atoms with Gasteiger partial charge in [-0.3, -0.25) is 0 Å². The predicted molar refractivity (Wildman–Crippen MR) is 52.9 cm³/mol. The Morgan fingerprint density at radius 1 is 1.45 bits per heavy atom. The Hall–Kier alpha value is 0.310. The molecule has 0 saturated heterocycles. The molecular formula is C9H19NS. The van der Waals surface area contributed by atoms with E-state index in [0.717, 1.165) is 18.4 Å². The molecule has 1 rings (SSSR count). The van der Waals surface area contributed by atoms with E-state index >= 15 is 0 Å². The Bertz CT molecular complexity index is 99.7. The Morgan fingerprint density at radius 3 is 2.55 bits per heavy atom. The van der Waals surface area contributed by atoms with Crippen LogP contribution in [0.1, 0.15) is 25.7 Å². The van der Waals surface area contributed by atoms with Gasteiger partial charge in [-0.15, -0.1) is 0 Å². The van der Waals surface area contributed by atoms with Gasteiger partial charge in [0, 0.05) is 0 Å². The van der Waals surface area contributed by atoms with Crippen molar-refractivity contribution in [3.8, 4) is 0 Å². The Labute approximate surface area is 74.1 Å². The van der Waals surface area contributed by atoms with Gasteiger partial charge in [0.2, 0.25) is 0 Å². The van der Waals surface area contributed by atoms with Gasteiger partial charge in [0.1, 0.15) is 0 Å². The first-order valence-electron chi connectivity index (χ1n) is 4.57. The quantitative estimate of drug-likeness (QED) is 0.704. The first-order valence-corrected chi connectivity index (χ1v) is 5.97. The van der Waals surface area contributed by atoms with E-state index in [1.807, 2.05) is 11.8 Å². The zero-order valence-electron chi connectivity index (χ0n) is 7.38. The molecule has 0 spiro atoms. The Balaban J connectivity index is 2.27. The van der Waals surface area contributed by atoms with E-state index in [9.17, 15) is 0 Å². The van der Waals surface area contributed by atoms with E-state index in [0.29, 0.717) is 0 Å². The zero-order chi connectivity index (χ0) is 8.10. The maximum atomic E-state index is 5.73. The molecule has 0 radical (unpaired) electrons. The van der Waals surface area contributed by atoms with E-state index in [4.69, 9.17) is 5.73 Å². The lowest BCUT2D eigenvalue weighted by molar-refractivity contribution is 0.381. The summed E-state index contributed by atoms with van der Waals surface area (Å²) in [6.07, 6.45) is 7.92. The standard InChI is InChI=1S/C9H19NS/c1-11-7-9(6-10)8-4-2-3-5-8/h8-9H,2-7,10H2,1H3. The summed E-state index contributed by atoms with van der Waals surface area (Å²) in [5, 5.41) is 0. The van der Waals surface area contributed by atoms with Crippen LogP contribution in [0.5, 0.6) is 0 Å². The van der Waals surface area contributed by atoms with E-state index in [2.05, 4.69) is 6.26 Å². The molecule has 1 nitrogen and oxygen atoms in total. The molecular weight excluding hydrogens is 154 g/mol. The molecule has 66 valence electrons. The average molecular weight is 173 g/mol. The minimum absolute atomic E-state index is 0.799. The molecule has 0 aromatic rings. The van der Waals surface area contributed by atoms with Gasteiger partial charge in [-0.25, -0.2) is 0 Å². The highest BCUT2D eigenvalue weighted by Crippen LogP contribution is 2.32. The van der Waals surface area contributed by atoms with Crippen LogP contribution < -0.4 is 5.73 Å². The zero-order valence-corrected chi connectivity index (χ0v) is 8.20. The second-order valence-electron chi connectivity index (χ2n) is 3.50. The lowest BCUT2D eigenvalue weighted by atomic mass is 9.93. The van der Waals surface area contributed by atoms with Gasteiger partial charge >= 0.3 is 0 Å². The molecule has 1 saturated carbocycles. The molecule has 2 heteroatoms. The van der Waals surface area contributed by atoms with Crippen LogP contribution in [0.15, 0.2) is 0 Å². The van der Waals surface area contributed by atoms with Crippen molar-refractivity contribution in [2.24, 2.45) is 17.6 Å². The first-order chi connectivity index (χ1) is 5.38. The number of nitrogens with two attached hydrogens (primary N) is 1. The van der Waals surface area contributed by atoms with Crippen LogP contribution in [0, 0.1) is 11.8 Å². The van der Waals surface area contributed by atoms with Crippen molar-refractivity contribution in [3.05, 3.63) is 0 Å². The maximum Gasteiger partial charge on any atom is -0.00272 e. The Kier molecular flexibility index (Phi) is 4.31. The van der Waals surface area contributed by atoms with E-state index in [1.165, 1.54) is 31.4 Å². The van der Waals surface area contributed by atoms with Gasteiger partial charge in [-0.1, -0.05) is 25.7 Å². The van der Waals surface area contributed by atoms with E-state index in [-0.39, 0.29) is 0 Å². The van der Waals surface area contributed by atoms with Gasteiger partial charge in [-0.2, -0.15) is 11.8 Å². The largest absolute Gasteiger partial charge is 0.330 e. The van der Waals surface area contributed by atoms with Gasteiger partial charge in [0.25, 0.3) is 0 Å². The van der Waals surface area contributed by atoms with Crippen molar-refractivity contribution in [1.29, 1.82) is 0 Å². The van der Waals surface area contributed by atoms with Crippen molar-refractivity contribution in [2.75, 3.05) is 18.6 Å². The molecule has 2 N–H and O–H groups in total. The smallest absolute Gasteiger partial charge is 0.00272 e. The fourth-order valence-corrected chi connectivity index (χ4v) is 2.88. The number of thioether (sulfide) groups is 1. The number of hydrogen-bond acceptors (Lipinski definition) is 2. The molecule has 1 aliphatic carbocycles. The molecule has 1 aliphatic rings. The fraction of sp³-hybridized carbons (Fsp3) is 1.00. The molecule has 0 aromatic carbocycles. The van der Waals surface area contributed by atoms with Gasteiger partial charge in [-0.05, 0) is 30.4 Å². The minimum Gasteiger partial charge on any atom is -0.330 e. The van der Waals surface area contributed by atoms with Crippen LogP contribution in [-0.2, 0) is 0 Å².